The molecule has 0 unspecified atom stereocenters. The highest BCUT2D eigenvalue weighted by Crippen LogP contribution is 2.33. The van der Waals surface area contributed by atoms with E-state index in [9.17, 15) is 24.4 Å². The van der Waals surface area contributed by atoms with E-state index in [2.05, 4.69) is 10.2 Å². The summed E-state index contributed by atoms with van der Waals surface area (Å²) in [5.74, 6) is -2.19. The average Bonchev–Trinajstić information content (AvgIpc) is 2.81. The summed E-state index contributed by atoms with van der Waals surface area (Å²) in [5, 5.41) is 12.9. The summed E-state index contributed by atoms with van der Waals surface area (Å²) >= 11 is 0. The van der Waals surface area contributed by atoms with Gasteiger partial charge < -0.3 is 33.6 Å². The molecule has 33 heavy (non-hydrogen) atoms. The number of aromatic nitrogens is 1. The number of carbonyl (C=O) groups is 3. The maximum atomic E-state index is 12.1. The Morgan fingerprint density at radius 3 is 2.70 bits per heavy atom. The number of carboxylic acids is 1. The van der Waals surface area contributed by atoms with E-state index in [1.54, 1.807) is 0 Å². The number of carbonyl (C=O) groups excluding carboxylic acids is 2. The SMILES string of the molecule is COCCOCC(=O)OCc1nc(CCCC=O)cc(OC2(N=O)CCOCC2)c1C(=O)O. The topological polar surface area (TPSA) is 160 Å². The van der Waals surface area contributed by atoms with Crippen molar-refractivity contribution in [3.05, 3.63) is 27.9 Å². The Morgan fingerprint density at radius 1 is 1.30 bits per heavy atom. The Bertz CT molecular complexity index is 824. The van der Waals surface area contributed by atoms with Gasteiger partial charge in [-0.1, -0.05) is 0 Å². The van der Waals surface area contributed by atoms with E-state index < -0.39 is 24.3 Å². The van der Waals surface area contributed by atoms with E-state index >= 15 is 0 Å². The number of aldehydes is 1. The van der Waals surface area contributed by atoms with Crippen LogP contribution in [-0.4, -0.2) is 74.2 Å². The fraction of sp³-hybridized carbons (Fsp3) is 0.619. The number of unbranched alkanes of at least 4 members (excludes halogenated alkanes) is 1. The molecule has 1 aromatic heterocycles. The highest BCUT2D eigenvalue weighted by molar-refractivity contribution is 5.92. The number of pyridine rings is 1. The lowest BCUT2D eigenvalue weighted by atomic mass is 10.0. The summed E-state index contributed by atoms with van der Waals surface area (Å²) in [4.78, 5) is 50.6. The number of aromatic carboxylic acids is 1. The first kappa shape index (κ1) is 26.3. The van der Waals surface area contributed by atoms with Gasteiger partial charge in [0, 0.05) is 38.1 Å². The molecular weight excluding hydrogens is 440 g/mol. The third-order valence-corrected chi connectivity index (χ3v) is 4.84. The first-order valence-corrected chi connectivity index (χ1v) is 10.5. The molecule has 12 heteroatoms. The van der Waals surface area contributed by atoms with Crippen LogP contribution in [0.2, 0.25) is 0 Å². The summed E-state index contributed by atoms with van der Waals surface area (Å²) < 4.78 is 26.1. The lowest BCUT2D eigenvalue weighted by Gasteiger charge is -2.31. The molecule has 0 bridgehead atoms. The van der Waals surface area contributed by atoms with Crippen molar-refractivity contribution in [1.29, 1.82) is 0 Å². The van der Waals surface area contributed by atoms with Crippen molar-refractivity contribution >= 4 is 18.2 Å². The van der Waals surface area contributed by atoms with Crippen molar-refractivity contribution in [2.45, 2.75) is 44.4 Å². The van der Waals surface area contributed by atoms with E-state index in [-0.39, 0.29) is 56.3 Å². The molecule has 182 valence electrons. The molecule has 0 saturated carbocycles. The second-order valence-electron chi connectivity index (χ2n) is 7.26. The van der Waals surface area contributed by atoms with E-state index in [1.807, 2.05) is 0 Å². The van der Waals surface area contributed by atoms with Crippen LogP contribution in [0, 0.1) is 4.91 Å². The van der Waals surface area contributed by atoms with E-state index in [4.69, 9.17) is 23.7 Å². The molecule has 12 nitrogen and oxygen atoms in total. The fourth-order valence-corrected chi connectivity index (χ4v) is 3.13. The molecule has 1 aliphatic heterocycles. The van der Waals surface area contributed by atoms with Crippen molar-refractivity contribution in [2.75, 3.05) is 40.1 Å². The number of hydrogen-bond donors (Lipinski definition) is 1. The Morgan fingerprint density at radius 2 is 2.06 bits per heavy atom. The Labute approximate surface area is 190 Å². The minimum Gasteiger partial charge on any atom is -0.477 e. The third kappa shape index (κ3) is 8.15. The molecule has 1 fully saturated rings. The summed E-state index contributed by atoms with van der Waals surface area (Å²) in [6, 6.07) is 1.41. The van der Waals surface area contributed by atoms with Gasteiger partial charge in [0.15, 0.2) is 0 Å². The number of nitrogens with zero attached hydrogens (tertiary/aromatic N) is 2. The summed E-state index contributed by atoms with van der Waals surface area (Å²) in [7, 11) is 1.49. The van der Waals surface area contributed by atoms with Crippen molar-refractivity contribution in [3.8, 4) is 5.75 Å². The van der Waals surface area contributed by atoms with Crippen LogP contribution >= 0.6 is 0 Å². The van der Waals surface area contributed by atoms with Crippen LogP contribution in [0.1, 0.15) is 47.4 Å². The lowest BCUT2D eigenvalue weighted by molar-refractivity contribution is -0.150. The van der Waals surface area contributed by atoms with Crippen LogP contribution in [0.4, 0.5) is 0 Å². The predicted octanol–water partition coefficient (Wildman–Crippen LogP) is 1.66. The molecule has 0 atom stereocenters. The molecule has 0 aromatic carbocycles. The Balaban J connectivity index is 2.29. The first-order valence-electron chi connectivity index (χ1n) is 10.5. The minimum absolute atomic E-state index is 0.0561. The number of hydrogen-bond acceptors (Lipinski definition) is 11. The number of nitroso groups, excluding NO2 is 1. The van der Waals surface area contributed by atoms with Gasteiger partial charge in [-0.05, 0) is 18.0 Å². The van der Waals surface area contributed by atoms with Crippen molar-refractivity contribution in [1.82, 2.24) is 4.98 Å². The van der Waals surface area contributed by atoms with Crippen LogP contribution in [0.5, 0.6) is 5.75 Å². The van der Waals surface area contributed by atoms with Gasteiger partial charge in [0.1, 0.15) is 30.8 Å². The molecular formula is C21H28N2O10. The van der Waals surface area contributed by atoms with Crippen molar-refractivity contribution in [2.24, 2.45) is 5.18 Å². The van der Waals surface area contributed by atoms with Gasteiger partial charge in [-0.25, -0.2) is 9.59 Å². The van der Waals surface area contributed by atoms with Crippen LogP contribution in [0.25, 0.3) is 0 Å². The fourth-order valence-electron chi connectivity index (χ4n) is 3.13. The molecule has 1 aliphatic rings. The Hall–Kier alpha value is -2.96. The molecule has 1 aromatic rings. The first-order chi connectivity index (χ1) is 15.9. The number of rotatable bonds is 15. The maximum Gasteiger partial charge on any atom is 0.341 e. The van der Waals surface area contributed by atoms with Crippen molar-refractivity contribution in [3.63, 3.8) is 0 Å². The summed E-state index contributed by atoms with van der Waals surface area (Å²) in [5.41, 5.74) is -1.45. The molecule has 1 saturated heterocycles. The zero-order chi connectivity index (χ0) is 24.1. The van der Waals surface area contributed by atoms with E-state index in [0.29, 0.717) is 31.6 Å². The number of esters is 1. The predicted molar refractivity (Wildman–Crippen MR) is 112 cm³/mol. The number of carboxylic acid groups (broad SMARTS) is 1. The smallest absolute Gasteiger partial charge is 0.341 e. The monoisotopic (exact) mass is 468 g/mol. The zero-order valence-electron chi connectivity index (χ0n) is 18.4. The number of aryl methyl sites for hydroxylation is 1. The van der Waals surface area contributed by atoms with Gasteiger partial charge in [-0.3, -0.25) is 4.98 Å². The molecule has 0 radical (unpaired) electrons. The standard InChI is InChI=1S/C21H28N2O10/c1-29-10-11-31-14-18(25)32-13-16-19(20(26)27)17(12-15(22-16)4-2-3-7-24)33-21(23-28)5-8-30-9-6-21/h7,12H,2-6,8-11,13-14H2,1H3,(H,26,27). The van der Waals surface area contributed by atoms with Crippen LogP contribution in [0.3, 0.4) is 0 Å². The van der Waals surface area contributed by atoms with Crippen LogP contribution in [-0.2, 0) is 41.6 Å². The molecule has 2 rings (SSSR count). The molecule has 0 spiro atoms. The molecule has 1 N–H and O–H groups in total. The summed E-state index contributed by atoms with van der Waals surface area (Å²) in [6.45, 7) is 0.179. The largest absolute Gasteiger partial charge is 0.477 e. The van der Waals surface area contributed by atoms with Gasteiger partial charge >= 0.3 is 11.9 Å². The van der Waals surface area contributed by atoms with Gasteiger partial charge in [-0.15, -0.1) is 4.91 Å². The minimum atomic E-state index is -1.48. The van der Waals surface area contributed by atoms with Gasteiger partial charge in [0.2, 0.25) is 5.72 Å². The average molecular weight is 468 g/mol. The molecule has 2 heterocycles. The van der Waals surface area contributed by atoms with Crippen LogP contribution < -0.4 is 4.74 Å². The Kier molecular flexibility index (Phi) is 10.8. The number of methoxy groups -OCH3 is 1. The van der Waals surface area contributed by atoms with Gasteiger partial charge in [0.05, 0.1) is 32.1 Å². The van der Waals surface area contributed by atoms with Gasteiger partial charge in [0.25, 0.3) is 0 Å². The highest BCUT2D eigenvalue weighted by atomic mass is 16.6. The molecule has 0 amide bonds. The van der Waals surface area contributed by atoms with Crippen LogP contribution in [0.15, 0.2) is 11.2 Å². The van der Waals surface area contributed by atoms with E-state index in [1.165, 1.54) is 13.2 Å². The normalized spacial score (nSPS) is 14.9. The zero-order valence-corrected chi connectivity index (χ0v) is 18.4. The molecule has 0 aliphatic carbocycles. The summed E-state index contributed by atoms with van der Waals surface area (Å²) in [6.07, 6.45) is 2.19. The van der Waals surface area contributed by atoms with E-state index in [0.717, 1.165) is 6.29 Å². The van der Waals surface area contributed by atoms with Gasteiger partial charge in [-0.2, -0.15) is 0 Å². The van der Waals surface area contributed by atoms with Crippen molar-refractivity contribution < 1.29 is 43.2 Å². The third-order valence-electron chi connectivity index (χ3n) is 4.84. The quantitative estimate of drug-likeness (QED) is 0.172. The lowest BCUT2D eigenvalue weighted by Crippen LogP contribution is -2.40. The second kappa shape index (κ2) is 13.6. The maximum absolute atomic E-state index is 12.1. The number of ether oxygens (including phenoxy) is 5. The second-order valence-corrected chi connectivity index (χ2v) is 7.26. The highest BCUT2D eigenvalue weighted by Gasteiger charge is 2.38.